The van der Waals surface area contributed by atoms with Crippen LogP contribution in [0.5, 0.6) is 5.75 Å². The minimum atomic E-state index is -0.0301. The highest BCUT2D eigenvalue weighted by molar-refractivity contribution is 14.0. The Hall–Kier alpha value is -2.49. The standard InChI is InChI=1S/C24H35N5O2.HI/c1-27(2)21-9-7-8-20(16-21)18-29(5)24(26-17-23(30)28(3)4)25-15-14-19-10-12-22(31-6)13-11-19;/h7-13,16H,14-15,17-18H2,1-6H3,(H,25,26);1H. The third-order valence-corrected chi connectivity index (χ3v) is 4.93. The molecule has 0 saturated carbocycles. The van der Waals surface area contributed by atoms with E-state index in [1.807, 2.05) is 38.2 Å². The van der Waals surface area contributed by atoms with Gasteiger partial charge in [0, 0.05) is 54.0 Å². The van der Waals surface area contributed by atoms with E-state index in [0.29, 0.717) is 19.0 Å². The number of benzene rings is 2. The van der Waals surface area contributed by atoms with E-state index in [-0.39, 0.29) is 36.4 Å². The Morgan fingerprint density at radius 3 is 2.28 bits per heavy atom. The summed E-state index contributed by atoms with van der Waals surface area (Å²) in [6.07, 6.45) is 0.842. The number of ether oxygens (including phenoxy) is 1. The fraction of sp³-hybridized carbons (Fsp3) is 0.417. The zero-order valence-corrected chi connectivity index (χ0v) is 22.3. The Morgan fingerprint density at radius 2 is 1.69 bits per heavy atom. The molecular weight excluding hydrogens is 517 g/mol. The van der Waals surface area contributed by atoms with Crippen LogP contribution in [0.3, 0.4) is 0 Å². The molecule has 1 amide bonds. The van der Waals surface area contributed by atoms with E-state index >= 15 is 0 Å². The maximum Gasteiger partial charge on any atom is 0.243 e. The van der Waals surface area contributed by atoms with E-state index in [1.165, 1.54) is 11.1 Å². The molecule has 8 heteroatoms. The number of aliphatic imine (C=N–C) groups is 1. The number of nitrogens with zero attached hydrogens (tertiary/aromatic N) is 4. The van der Waals surface area contributed by atoms with E-state index in [9.17, 15) is 4.79 Å². The minimum Gasteiger partial charge on any atom is -0.497 e. The first kappa shape index (κ1) is 27.5. The lowest BCUT2D eigenvalue weighted by molar-refractivity contribution is -0.127. The summed E-state index contributed by atoms with van der Waals surface area (Å²) in [5, 5.41) is 3.41. The van der Waals surface area contributed by atoms with Crippen LogP contribution in [-0.2, 0) is 17.8 Å². The topological polar surface area (TPSA) is 60.4 Å². The van der Waals surface area contributed by atoms with Crippen molar-refractivity contribution in [3.05, 3.63) is 59.7 Å². The van der Waals surface area contributed by atoms with Gasteiger partial charge < -0.3 is 24.8 Å². The molecule has 0 aliphatic carbocycles. The van der Waals surface area contributed by atoms with Crippen LogP contribution in [0.4, 0.5) is 5.69 Å². The van der Waals surface area contributed by atoms with Crippen LogP contribution in [0.15, 0.2) is 53.5 Å². The molecule has 0 atom stereocenters. The molecule has 0 spiro atoms. The lowest BCUT2D eigenvalue weighted by atomic mass is 10.1. The molecule has 0 aromatic heterocycles. The van der Waals surface area contributed by atoms with Crippen molar-refractivity contribution >= 4 is 41.5 Å². The van der Waals surface area contributed by atoms with Crippen molar-refractivity contribution in [2.45, 2.75) is 13.0 Å². The zero-order valence-electron chi connectivity index (χ0n) is 20.0. The Bertz CT molecular complexity index is 869. The number of hydrogen-bond donors (Lipinski definition) is 1. The molecule has 0 heterocycles. The molecule has 2 rings (SSSR count). The van der Waals surface area contributed by atoms with Crippen molar-refractivity contribution < 1.29 is 9.53 Å². The van der Waals surface area contributed by atoms with Gasteiger partial charge in [0.25, 0.3) is 0 Å². The summed E-state index contributed by atoms with van der Waals surface area (Å²) < 4.78 is 5.22. The fourth-order valence-electron chi connectivity index (χ4n) is 2.99. The summed E-state index contributed by atoms with van der Waals surface area (Å²) in [6.45, 7) is 1.51. The predicted molar refractivity (Wildman–Crippen MR) is 143 cm³/mol. The number of amides is 1. The first-order valence-electron chi connectivity index (χ1n) is 10.4. The fourth-order valence-corrected chi connectivity index (χ4v) is 2.99. The van der Waals surface area contributed by atoms with Gasteiger partial charge in [0.2, 0.25) is 5.91 Å². The number of carbonyl (C=O) groups excluding carboxylic acids is 1. The summed E-state index contributed by atoms with van der Waals surface area (Å²) in [5.74, 6) is 1.53. The van der Waals surface area contributed by atoms with Crippen LogP contribution < -0.4 is 15.0 Å². The van der Waals surface area contributed by atoms with Crippen molar-refractivity contribution in [3.8, 4) is 5.75 Å². The molecule has 2 aromatic rings. The highest BCUT2D eigenvalue weighted by Gasteiger charge is 2.10. The van der Waals surface area contributed by atoms with E-state index < -0.39 is 0 Å². The molecule has 0 saturated heterocycles. The van der Waals surface area contributed by atoms with Crippen LogP contribution in [0, 0.1) is 0 Å². The second-order valence-corrected chi connectivity index (χ2v) is 7.87. The predicted octanol–water partition coefficient (Wildman–Crippen LogP) is 3.09. The van der Waals surface area contributed by atoms with Crippen LogP contribution in [0.2, 0.25) is 0 Å². The highest BCUT2D eigenvalue weighted by atomic mass is 127. The maximum absolute atomic E-state index is 12.1. The van der Waals surface area contributed by atoms with Gasteiger partial charge in [-0.2, -0.15) is 0 Å². The van der Waals surface area contributed by atoms with E-state index in [1.54, 1.807) is 26.1 Å². The van der Waals surface area contributed by atoms with Crippen LogP contribution in [-0.4, -0.2) is 77.1 Å². The van der Waals surface area contributed by atoms with E-state index in [2.05, 4.69) is 51.6 Å². The van der Waals surface area contributed by atoms with Crippen molar-refractivity contribution in [3.63, 3.8) is 0 Å². The molecule has 0 aliphatic heterocycles. The van der Waals surface area contributed by atoms with Crippen molar-refractivity contribution in [1.29, 1.82) is 0 Å². The van der Waals surface area contributed by atoms with E-state index in [4.69, 9.17) is 4.74 Å². The van der Waals surface area contributed by atoms with Gasteiger partial charge in [-0.3, -0.25) is 4.79 Å². The second-order valence-electron chi connectivity index (χ2n) is 7.87. The number of carbonyl (C=O) groups is 1. The van der Waals surface area contributed by atoms with Gasteiger partial charge >= 0.3 is 0 Å². The SMILES string of the molecule is COc1ccc(CCNC(=NCC(=O)N(C)C)N(C)Cc2cccc(N(C)C)c2)cc1.I. The smallest absolute Gasteiger partial charge is 0.243 e. The van der Waals surface area contributed by atoms with Crippen molar-refractivity contribution in [2.24, 2.45) is 4.99 Å². The number of guanidine groups is 1. The molecule has 1 N–H and O–H groups in total. The zero-order chi connectivity index (χ0) is 22.8. The summed E-state index contributed by atoms with van der Waals surface area (Å²) in [6, 6.07) is 16.4. The summed E-state index contributed by atoms with van der Waals surface area (Å²) >= 11 is 0. The summed E-state index contributed by atoms with van der Waals surface area (Å²) in [5.41, 5.74) is 3.54. The Kier molecular flexibility index (Phi) is 11.9. The monoisotopic (exact) mass is 553 g/mol. The summed E-state index contributed by atoms with van der Waals surface area (Å²) in [4.78, 5) is 22.3. The summed E-state index contributed by atoms with van der Waals surface area (Å²) in [7, 11) is 11.2. The lowest BCUT2D eigenvalue weighted by Gasteiger charge is -2.24. The molecule has 0 radical (unpaired) electrons. The molecule has 0 unspecified atom stereocenters. The number of likely N-dealkylation sites (N-methyl/N-ethyl adjacent to an activating group) is 1. The van der Waals surface area contributed by atoms with Crippen LogP contribution in [0.25, 0.3) is 0 Å². The first-order valence-corrected chi connectivity index (χ1v) is 10.4. The number of methoxy groups -OCH3 is 1. The lowest BCUT2D eigenvalue weighted by Crippen LogP contribution is -2.40. The maximum atomic E-state index is 12.1. The highest BCUT2D eigenvalue weighted by Crippen LogP contribution is 2.15. The number of rotatable bonds is 9. The molecule has 2 aromatic carbocycles. The molecular formula is C24H36IN5O2. The average Bonchev–Trinajstić information content (AvgIpc) is 2.76. The number of nitrogens with one attached hydrogen (secondary N) is 1. The first-order chi connectivity index (χ1) is 14.8. The normalized spacial score (nSPS) is 10.8. The number of hydrogen-bond acceptors (Lipinski definition) is 4. The molecule has 0 aliphatic rings. The quantitative estimate of drug-likeness (QED) is 0.294. The van der Waals surface area contributed by atoms with Gasteiger partial charge in [-0.05, 0) is 41.8 Å². The number of halogens is 1. The molecule has 0 bridgehead atoms. The average molecular weight is 553 g/mol. The van der Waals surface area contributed by atoms with Gasteiger partial charge in [-0.1, -0.05) is 24.3 Å². The molecule has 7 nitrogen and oxygen atoms in total. The van der Waals surface area contributed by atoms with Gasteiger partial charge in [0.15, 0.2) is 5.96 Å². The van der Waals surface area contributed by atoms with Crippen molar-refractivity contribution in [2.75, 3.05) is 60.3 Å². The molecule has 32 heavy (non-hydrogen) atoms. The third-order valence-electron chi connectivity index (χ3n) is 4.93. The Morgan fingerprint density at radius 1 is 1.00 bits per heavy atom. The van der Waals surface area contributed by atoms with Gasteiger partial charge in [-0.15, -0.1) is 24.0 Å². The van der Waals surface area contributed by atoms with Gasteiger partial charge in [0.1, 0.15) is 12.3 Å². The van der Waals surface area contributed by atoms with Gasteiger partial charge in [-0.25, -0.2) is 4.99 Å². The third kappa shape index (κ3) is 8.94. The Balaban J connectivity index is 0.00000512. The van der Waals surface area contributed by atoms with Crippen molar-refractivity contribution in [1.82, 2.24) is 15.1 Å². The second kappa shape index (κ2) is 13.8. The Labute approximate surface area is 209 Å². The van der Waals surface area contributed by atoms with Crippen LogP contribution >= 0.6 is 24.0 Å². The molecule has 176 valence electrons. The number of anilines is 1. The molecule has 0 fully saturated rings. The van der Waals surface area contributed by atoms with Gasteiger partial charge in [0.05, 0.1) is 7.11 Å². The van der Waals surface area contributed by atoms with Crippen LogP contribution in [0.1, 0.15) is 11.1 Å². The largest absolute Gasteiger partial charge is 0.497 e. The van der Waals surface area contributed by atoms with E-state index in [0.717, 1.165) is 17.9 Å². The minimum absolute atomic E-state index is 0.